The molecule has 0 radical (unpaired) electrons. The maximum atomic E-state index is 5.73. The van der Waals surface area contributed by atoms with Crippen LogP contribution >= 0.6 is 28.1 Å². The minimum Gasteiger partial charge on any atom is -0.370 e. The van der Waals surface area contributed by atoms with Crippen molar-refractivity contribution >= 4 is 28.1 Å². The molecule has 0 aliphatic heterocycles. The largest absolute Gasteiger partial charge is 0.370 e. The first-order chi connectivity index (χ1) is 7.36. The van der Waals surface area contributed by atoms with Gasteiger partial charge in [0.25, 0.3) is 0 Å². The zero-order chi connectivity index (χ0) is 12.3. The molecule has 1 rings (SSSR count). The standard InChI is InChI=1S/C11H17BrN2OS/c1-5-15-8(11(2,3)4)9-13-6-7(12)10(16)14-9/h6,8H,5H2,1-4H3,(H,13,14,16). The summed E-state index contributed by atoms with van der Waals surface area (Å²) >= 11 is 8.50. The SMILES string of the molecule is CCOC(c1ncc(Br)c(=S)[nH]1)C(C)(C)C. The van der Waals surface area contributed by atoms with Gasteiger partial charge in [-0.3, -0.25) is 0 Å². The number of ether oxygens (including phenoxy) is 1. The lowest BCUT2D eigenvalue weighted by molar-refractivity contribution is -0.0192. The Hall–Kier alpha value is -0.260. The molecule has 1 aromatic rings. The van der Waals surface area contributed by atoms with Gasteiger partial charge in [0.1, 0.15) is 16.6 Å². The number of hydrogen-bond acceptors (Lipinski definition) is 3. The zero-order valence-corrected chi connectivity index (χ0v) is 12.4. The number of rotatable bonds is 3. The summed E-state index contributed by atoms with van der Waals surface area (Å²) in [6.45, 7) is 8.99. The number of nitrogens with zero attached hydrogens (tertiary/aromatic N) is 1. The highest BCUT2D eigenvalue weighted by molar-refractivity contribution is 9.10. The number of halogens is 1. The summed E-state index contributed by atoms with van der Waals surface area (Å²) in [5.74, 6) is 0.780. The lowest BCUT2D eigenvalue weighted by Gasteiger charge is -2.29. The summed E-state index contributed by atoms with van der Waals surface area (Å²) in [5.41, 5.74) is -0.0187. The van der Waals surface area contributed by atoms with Crippen molar-refractivity contribution in [3.63, 3.8) is 0 Å². The third-order valence-electron chi connectivity index (χ3n) is 2.14. The van der Waals surface area contributed by atoms with Crippen LogP contribution in [0.5, 0.6) is 0 Å². The zero-order valence-electron chi connectivity index (χ0n) is 10.0. The second-order valence-electron chi connectivity index (χ2n) is 4.65. The van der Waals surface area contributed by atoms with Gasteiger partial charge in [-0.25, -0.2) is 4.98 Å². The molecule has 1 aromatic heterocycles. The van der Waals surface area contributed by atoms with E-state index in [1.165, 1.54) is 0 Å². The number of H-pyrrole nitrogens is 1. The van der Waals surface area contributed by atoms with E-state index in [0.29, 0.717) is 11.2 Å². The van der Waals surface area contributed by atoms with Crippen LogP contribution in [0.3, 0.4) is 0 Å². The van der Waals surface area contributed by atoms with Gasteiger partial charge in [-0.05, 0) is 28.3 Å². The van der Waals surface area contributed by atoms with Gasteiger partial charge in [0.15, 0.2) is 0 Å². The van der Waals surface area contributed by atoms with Crippen molar-refractivity contribution in [1.29, 1.82) is 0 Å². The molecular formula is C11H17BrN2OS. The van der Waals surface area contributed by atoms with E-state index >= 15 is 0 Å². The molecule has 0 saturated carbocycles. The van der Waals surface area contributed by atoms with Crippen LogP contribution in [0.25, 0.3) is 0 Å². The van der Waals surface area contributed by atoms with E-state index in [-0.39, 0.29) is 11.5 Å². The maximum absolute atomic E-state index is 5.73. The molecule has 1 unspecified atom stereocenters. The van der Waals surface area contributed by atoms with Crippen LogP contribution in [-0.4, -0.2) is 16.6 Å². The third kappa shape index (κ3) is 3.37. The quantitative estimate of drug-likeness (QED) is 0.857. The lowest BCUT2D eigenvalue weighted by atomic mass is 9.88. The molecule has 0 aliphatic carbocycles. The smallest absolute Gasteiger partial charge is 0.136 e. The number of nitrogens with one attached hydrogen (secondary N) is 1. The second kappa shape index (κ2) is 5.38. The van der Waals surface area contributed by atoms with Gasteiger partial charge in [-0.15, -0.1) is 0 Å². The molecule has 1 atom stereocenters. The summed E-state index contributed by atoms with van der Waals surface area (Å²) < 4.78 is 7.19. The Morgan fingerprint density at radius 2 is 2.19 bits per heavy atom. The molecule has 1 N–H and O–H groups in total. The van der Waals surface area contributed by atoms with Crippen LogP contribution in [0.15, 0.2) is 10.7 Å². The molecule has 0 spiro atoms. The van der Waals surface area contributed by atoms with Gasteiger partial charge in [0.05, 0.1) is 4.47 Å². The van der Waals surface area contributed by atoms with Crippen molar-refractivity contribution < 1.29 is 4.74 Å². The highest BCUT2D eigenvalue weighted by atomic mass is 79.9. The van der Waals surface area contributed by atoms with E-state index in [2.05, 4.69) is 46.7 Å². The number of hydrogen-bond donors (Lipinski definition) is 1. The molecule has 16 heavy (non-hydrogen) atoms. The molecular weight excluding hydrogens is 288 g/mol. The van der Waals surface area contributed by atoms with Crippen LogP contribution in [-0.2, 0) is 4.74 Å². The van der Waals surface area contributed by atoms with E-state index in [1.807, 2.05) is 6.92 Å². The summed E-state index contributed by atoms with van der Waals surface area (Å²) in [7, 11) is 0. The molecule has 0 aliphatic rings. The molecule has 0 saturated heterocycles. The minimum atomic E-state index is -0.0766. The Balaban J connectivity index is 3.11. The Bertz CT molecular complexity index is 411. The fraction of sp³-hybridized carbons (Fsp3) is 0.636. The van der Waals surface area contributed by atoms with Gasteiger partial charge in [-0.2, -0.15) is 0 Å². The molecule has 0 fully saturated rings. The van der Waals surface area contributed by atoms with Crippen molar-refractivity contribution in [2.45, 2.75) is 33.8 Å². The van der Waals surface area contributed by atoms with Gasteiger partial charge in [0, 0.05) is 12.8 Å². The van der Waals surface area contributed by atoms with Crippen molar-refractivity contribution in [2.75, 3.05) is 6.61 Å². The van der Waals surface area contributed by atoms with Gasteiger partial charge in [-0.1, -0.05) is 33.0 Å². The molecule has 1 heterocycles. The normalized spacial score (nSPS) is 13.8. The van der Waals surface area contributed by atoms with E-state index in [1.54, 1.807) is 6.20 Å². The van der Waals surface area contributed by atoms with Crippen molar-refractivity contribution in [3.8, 4) is 0 Å². The van der Waals surface area contributed by atoms with Crippen LogP contribution in [0.4, 0.5) is 0 Å². The van der Waals surface area contributed by atoms with Crippen molar-refractivity contribution in [2.24, 2.45) is 5.41 Å². The van der Waals surface area contributed by atoms with E-state index in [0.717, 1.165) is 10.3 Å². The summed E-state index contributed by atoms with van der Waals surface area (Å²) in [5, 5.41) is 0. The first kappa shape index (κ1) is 13.8. The van der Waals surface area contributed by atoms with Crippen LogP contribution in [0, 0.1) is 10.1 Å². The fourth-order valence-corrected chi connectivity index (χ4v) is 1.79. The monoisotopic (exact) mass is 304 g/mol. The predicted octanol–water partition coefficient (Wildman–Crippen LogP) is 4.03. The Labute approximate surface area is 110 Å². The Morgan fingerprint density at radius 1 is 1.56 bits per heavy atom. The molecule has 0 bridgehead atoms. The van der Waals surface area contributed by atoms with Crippen LogP contribution in [0.2, 0.25) is 0 Å². The average molecular weight is 305 g/mol. The van der Waals surface area contributed by atoms with Gasteiger partial charge in [0.2, 0.25) is 0 Å². The van der Waals surface area contributed by atoms with E-state index in [9.17, 15) is 0 Å². The van der Waals surface area contributed by atoms with Crippen molar-refractivity contribution in [1.82, 2.24) is 9.97 Å². The average Bonchev–Trinajstić information content (AvgIpc) is 2.17. The summed E-state index contributed by atoms with van der Waals surface area (Å²) in [6.07, 6.45) is 1.64. The summed E-state index contributed by atoms with van der Waals surface area (Å²) in [4.78, 5) is 7.43. The minimum absolute atomic E-state index is 0.0187. The van der Waals surface area contributed by atoms with Crippen LogP contribution < -0.4 is 0 Å². The maximum Gasteiger partial charge on any atom is 0.136 e. The molecule has 3 nitrogen and oxygen atoms in total. The summed E-state index contributed by atoms with van der Waals surface area (Å²) in [6, 6.07) is 0. The third-order valence-corrected chi connectivity index (χ3v) is 3.33. The Morgan fingerprint density at radius 3 is 2.62 bits per heavy atom. The van der Waals surface area contributed by atoms with E-state index < -0.39 is 0 Å². The van der Waals surface area contributed by atoms with E-state index in [4.69, 9.17) is 17.0 Å². The lowest BCUT2D eigenvalue weighted by Crippen LogP contribution is -2.23. The Kier molecular flexibility index (Phi) is 4.64. The number of aromatic nitrogens is 2. The molecule has 0 amide bonds. The first-order valence-electron chi connectivity index (χ1n) is 5.22. The highest BCUT2D eigenvalue weighted by Gasteiger charge is 2.28. The molecule has 5 heteroatoms. The van der Waals surface area contributed by atoms with Gasteiger partial charge < -0.3 is 9.72 Å². The number of aromatic amines is 1. The van der Waals surface area contributed by atoms with Gasteiger partial charge >= 0.3 is 0 Å². The topological polar surface area (TPSA) is 37.9 Å². The van der Waals surface area contributed by atoms with Crippen molar-refractivity contribution in [3.05, 3.63) is 21.1 Å². The van der Waals surface area contributed by atoms with Crippen LogP contribution in [0.1, 0.15) is 39.6 Å². The predicted molar refractivity (Wildman–Crippen MR) is 70.9 cm³/mol. The molecule has 0 aromatic carbocycles. The second-order valence-corrected chi connectivity index (χ2v) is 5.91. The fourth-order valence-electron chi connectivity index (χ4n) is 1.43. The highest BCUT2D eigenvalue weighted by Crippen LogP contribution is 2.34. The molecule has 90 valence electrons. The first-order valence-corrected chi connectivity index (χ1v) is 6.42.